The van der Waals surface area contributed by atoms with Gasteiger partial charge in [-0.15, -0.1) is 0 Å². The predicted molar refractivity (Wildman–Crippen MR) is 69.9 cm³/mol. The van der Waals surface area contributed by atoms with E-state index in [1.54, 1.807) is 6.07 Å². The SMILES string of the molecule is CNC(CCN1CCC(O)C1)c1ccccc1F. The molecule has 0 saturated carbocycles. The summed E-state index contributed by atoms with van der Waals surface area (Å²) in [6.07, 6.45) is 1.51. The second-order valence-corrected chi connectivity index (χ2v) is 4.89. The van der Waals surface area contributed by atoms with Crippen molar-refractivity contribution < 1.29 is 9.50 Å². The van der Waals surface area contributed by atoms with Gasteiger partial charge in [0.2, 0.25) is 0 Å². The number of likely N-dealkylation sites (tertiary alicyclic amines) is 1. The Hall–Kier alpha value is -0.970. The lowest BCUT2D eigenvalue weighted by Crippen LogP contribution is -2.28. The van der Waals surface area contributed by atoms with E-state index in [0.717, 1.165) is 38.0 Å². The Morgan fingerprint density at radius 3 is 2.89 bits per heavy atom. The fourth-order valence-corrected chi connectivity index (χ4v) is 2.54. The number of nitrogens with one attached hydrogen (secondary N) is 1. The van der Waals surface area contributed by atoms with Crippen molar-refractivity contribution >= 4 is 0 Å². The first-order chi connectivity index (χ1) is 8.70. The van der Waals surface area contributed by atoms with Gasteiger partial charge < -0.3 is 15.3 Å². The van der Waals surface area contributed by atoms with Crippen LogP contribution >= 0.6 is 0 Å². The fourth-order valence-electron chi connectivity index (χ4n) is 2.54. The Balaban J connectivity index is 1.92. The summed E-state index contributed by atoms with van der Waals surface area (Å²) < 4.78 is 13.7. The molecule has 2 N–H and O–H groups in total. The van der Waals surface area contributed by atoms with Crippen LogP contribution in [0.25, 0.3) is 0 Å². The highest BCUT2D eigenvalue weighted by Gasteiger charge is 2.21. The third kappa shape index (κ3) is 3.28. The molecular weight excluding hydrogens is 231 g/mol. The number of hydrogen-bond acceptors (Lipinski definition) is 3. The molecule has 2 atom stereocenters. The minimum atomic E-state index is -0.188. The highest BCUT2D eigenvalue weighted by atomic mass is 19.1. The zero-order valence-corrected chi connectivity index (χ0v) is 10.8. The summed E-state index contributed by atoms with van der Waals surface area (Å²) >= 11 is 0. The molecule has 1 aliphatic heterocycles. The van der Waals surface area contributed by atoms with Crippen molar-refractivity contribution in [1.29, 1.82) is 0 Å². The predicted octanol–water partition coefficient (Wildman–Crippen LogP) is 1.54. The van der Waals surface area contributed by atoms with Crippen LogP contribution in [0.4, 0.5) is 4.39 Å². The zero-order chi connectivity index (χ0) is 13.0. The lowest BCUT2D eigenvalue weighted by atomic mass is 10.0. The molecule has 1 aliphatic rings. The van der Waals surface area contributed by atoms with Gasteiger partial charge in [0.25, 0.3) is 0 Å². The number of nitrogens with zero attached hydrogens (tertiary/aromatic N) is 1. The summed E-state index contributed by atoms with van der Waals surface area (Å²) in [5.74, 6) is -0.154. The summed E-state index contributed by atoms with van der Waals surface area (Å²) in [5.41, 5.74) is 0.722. The highest BCUT2D eigenvalue weighted by Crippen LogP contribution is 2.21. The van der Waals surface area contributed by atoms with E-state index in [1.165, 1.54) is 6.07 Å². The molecule has 3 nitrogen and oxygen atoms in total. The highest BCUT2D eigenvalue weighted by molar-refractivity contribution is 5.21. The number of aliphatic hydroxyl groups excluding tert-OH is 1. The molecule has 0 spiro atoms. The van der Waals surface area contributed by atoms with Crippen LogP contribution in [0.15, 0.2) is 24.3 Å². The quantitative estimate of drug-likeness (QED) is 0.834. The van der Waals surface area contributed by atoms with Crippen LogP contribution in [0, 0.1) is 5.82 Å². The molecular formula is C14H21FN2O. The minimum absolute atomic E-state index is 0.0314. The number of aliphatic hydroxyl groups is 1. The van der Waals surface area contributed by atoms with E-state index in [4.69, 9.17) is 0 Å². The average Bonchev–Trinajstić information content (AvgIpc) is 2.78. The number of rotatable bonds is 5. The maximum atomic E-state index is 13.7. The van der Waals surface area contributed by atoms with E-state index in [0.29, 0.717) is 0 Å². The molecule has 4 heteroatoms. The molecule has 1 aromatic carbocycles. The van der Waals surface area contributed by atoms with Crippen molar-refractivity contribution in [2.45, 2.75) is 25.0 Å². The number of hydrogen-bond donors (Lipinski definition) is 2. The number of halogens is 1. The zero-order valence-electron chi connectivity index (χ0n) is 10.8. The van der Waals surface area contributed by atoms with E-state index < -0.39 is 0 Å². The molecule has 0 amide bonds. The van der Waals surface area contributed by atoms with Crippen molar-refractivity contribution in [3.63, 3.8) is 0 Å². The summed E-state index contributed by atoms with van der Waals surface area (Å²) in [4.78, 5) is 2.23. The van der Waals surface area contributed by atoms with Gasteiger partial charge >= 0.3 is 0 Å². The second-order valence-electron chi connectivity index (χ2n) is 4.89. The maximum Gasteiger partial charge on any atom is 0.127 e. The van der Waals surface area contributed by atoms with Crippen molar-refractivity contribution in [2.75, 3.05) is 26.7 Å². The van der Waals surface area contributed by atoms with Gasteiger partial charge in [-0.2, -0.15) is 0 Å². The van der Waals surface area contributed by atoms with E-state index in [-0.39, 0.29) is 18.0 Å². The topological polar surface area (TPSA) is 35.5 Å². The summed E-state index contributed by atoms with van der Waals surface area (Å²) in [6, 6.07) is 6.93. The third-order valence-electron chi connectivity index (χ3n) is 3.61. The van der Waals surface area contributed by atoms with Crippen LogP contribution in [0.3, 0.4) is 0 Å². The van der Waals surface area contributed by atoms with Gasteiger partial charge in [-0.3, -0.25) is 0 Å². The van der Waals surface area contributed by atoms with Crippen LogP contribution < -0.4 is 5.32 Å². The first-order valence-electron chi connectivity index (χ1n) is 6.53. The number of β-amino-alcohol motifs (C(OH)–C–C–N with tert-alkyl or cyclic N) is 1. The van der Waals surface area contributed by atoms with Gasteiger partial charge in [-0.25, -0.2) is 4.39 Å². The van der Waals surface area contributed by atoms with Crippen LogP contribution in [-0.4, -0.2) is 42.8 Å². The lowest BCUT2D eigenvalue weighted by Gasteiger charge is -2.21. The molecule has 2 unspecified atom stereocenters. The van der Waals surface area contributed by atoms with Crippen molar-refractivity contribution in [2.24, 2.45) is 0 Å². The Labute approximate surface area is 108 Å². The molecule has 0 aromatic heterocycles. The maximum absolute atomic E-state index is 13.7. The van der Waals surface area contributed by atoms with Gasteiger partial charge in [0.05, 0.1) is 6.10 Å². The Morgan fingerprint density at radius 2 is 2.28 bits per heavy atom. The summed E-state index contributed by atoms with van der Waals surface area (Å²) in [5, 5.41) is 12.6. The Morgan fingerprint density at radius 1 is 1.50 bits per heavy atom. The molecule has 1 aromatic rings. The number of benzene rings is 1. The van der Waals surface area contributed by atoms with E-state index in [9.17, 15) is 9.50 Å². The minimum Gasteiger partial charge on any atom is -0.392 e. The average molecular weight is 252 g/mol. The largest absolute Gasteiger partial charge is 0.392 e. The molecule has 0 bridgehead atoms. The molecule has 0 radical (unpaired) electrons. The fraction of sp³-hybridized carbons (Fsp3) is 0.571. The van der Waals surface area contributed by atoms with Crippen LogP contribution in [0.5, 0.6) is 0 Å². The van der Waals surface area contributed by atoms with Gasteiger partial charge in [0.1, 0.15) is 5.82 Å². The molecule has 0 aliphatic carbocycles. The molecule has 100 valence electrons. The Kier molecular flexibility index (Phi) is 4.69. The Bertz CT molecular complexity index is 386. The third-order valence-corrected chi connectivity index (χ3v) is 3.61. The van der Waals surface area contributed by atoms with Crippen molar-refractivity contribution in [3.8, 4) is 0 Å². The van der Waals surface area contributed by atoms with Gasteiger partial charge in [-0.05, 0) is 26.0 Å². The van der Waals surface area contributed by atoms with E-state index in [2.05, 4.69) is 10.2 Å². The van der Waals surface area contributed by atoms with Crippen LogP contribution in [-0.2, 0) is 0 Å². The van der Waals surface area contributed by atoms with Crippen LogP contribution in [0.1, 0.15) is 24.4 Å². The standard InChI is InChI=1S/C14H21FN2O/c1-16-14(12-4-2-3-5-13(12)15)7-9-17-8-6-11(18)10-17/h2-5,11,14,16,18H,6-10H2,1H3. The van der Waals surface area contributed by atoms with E-state index >= 15 is 0 Å². The molecule has 2 rings (SSSR count). The molecule has 1 fully saturated rings. The smallest absolute Gasteiger partial charge is 0.127 e. The molecule has 1 heterocycles. The van der Waals surface area contributed by atoms with E-state index in [1.807, 2.05) is 19.2 Å². The van der Waals surface area contributed by atoms with Crippen molar-refractivity contribution in [3.05, 3.63) is 35.6 Å². The second kappa shape index (κ2) is 6.27. The summed E-state index contributed by atoms with van der Waals surface area (Å²) in [6.45, 7) is 2.57. The van der Waals surface area contributed by atoms with Gasteiger partial charge in [-0.1, -0.05) is 18.2 Å². The lowest BCUT2D eigenvalue weighted by molar-refractivity contribution is 0.174. The monoisotopic (exact) mass is 252 g/mol. The van der Waals surface area contributed by atoms with Gasteiger partial charge in [0.15, 0.2) is 0 Å². The normalized spacial score (nSPS) is 22.3. The molecule has 1 saturated heterocycles. The summed E-state index contributed by atoms with van der Waals surface area (Å²) in [7, 11) is 1.86. The van der Waals surface area contributed by atoms with Gasteiger partial charge in [0, 0.05) is 31.2 Å². The first kappa shape index (κ1) is 13.5. The van der Waals surface area contributed by atoms with Crippen LogP contribution in [0.2, 0.25) is 0 Å². The first-order valence-corrected chi connectivity index (χ1v) is 6.53. The molecule has 18 heavy (non-hydrogen) atoms. The van der Waals surface area contributed by atoms with Crippen molar-refractivity contribution in [1.82, 2.24) is 10.2 Å².